The molecule has 1 saturated carbocycles. The predicted molar refractivity (Wildman–Crippen MR) is 169 cm³/mol. The maximum absolute atomic E-state index is 14.9. The van der Waals surface area contributed by atoms with E-state index in [1.165, 1.54) is 23.5 Å². The van der Waals surface area contributed by atoms with Gasteiger partial charge in [0.1, 0.15) is 5.75 Å². The van der Waals surface area contributed by atoms with E-state index in [1.807, 2.05) is 37.1 Å². The average Bonchev–Trinajstić information content (AvgIpc) is 3.72. The summed E-state index contributed by atoms with van der Waals surface area (Å²) in [5.41, 5.74) is 9.05. The summed E-state index contributed by atoms with van der Waals surface area (Å²) < 4.78 is 21.7. The van der Waals surface area contributed by atoms with Crippen LogP contribution in [0.25, 0.3) is 20.8 Å². The van der Waals surface area contributed by atoms with E-state index in [4.69, 9.17) is 15.5 Å². The molecule has 2 aliphatic rings. The van der Waals surface area contributed by atoms with Gasteiger partial charge in [-0.2, -0.15) is 0 Å². The van der Waals surface area contributed by atoms with Gasteiger partial charge in [0.15, 0.2) is 11.6 Å². The summed E-state index contributed by atoms with van der Waals surface area (Å²) in [4.78, 5) is 38.9. The summed E-state index contributed by atoms with van der Waals surface area (Å²) >= 11 is 1.48. The first-order valence-corrected chi connectivity index (χ1v) is 15.7. The first kappa shape index (κ1) is 29.9. The number of hydrogen-bond donors (Lipinski definition) is 3. The Balaban J connectivity index is 1.08. The lowest BCUT2D eigenvalue weighted by Crippen LogP contribution is -2.54. The minimum absolute atomic E-state index is 0.0299. The maximum Gasteiger partial charge on any atom is 0.319 e. The SMILES string of the molecule is CC(C)[C@H](N)C(=O)N1CCN(Cc2ccc(-c3cc4nccc(Oc5ccc(NC(=O)NC6CC6)cc5F)c4s3)nc2)CC1. The molecule has 1 aromatic carbocycles. The number of nitrogens with one attached hydrogen (secondary N) is 2. The van der Waals surface area contributed by atoms with E-state index in [0.717, 1.165) is 58.8 Å². The van der Waals surface area contributed by atoms with Crippen molar-refractivity contribution in [3.63, 3.8) is 0 Å². The second kappa shape index (κ2) is 12.8. The second-order valence-corrected chi connectivity index (χ2v) is 12.7. The van der Waals surface area contributed by atoms with Gasteiger partial charge in [-0.15, -0.1) is 11.3 Å². The molecule has 0 spiro atoms. The second-order valence-electron chi connectivity index (χ2n) is 11.7. The first-order chi connectivity index (χ1) is 21.2. The number of fused-ring (bicyclic) bond motifs is 1. The molecule has 10 nitrogen and oxygen atoms in total. The zero-order valence-electron chi connectivity index (χ0n) is 24.8. The first-order valence-electron chi connectivity index (χ1n) is 14.9. The number of halogens is 1. The van der Waals surface area contributed by atoms with Gasteiger partial charge in [0, 0.05) is 69.0 Å². The summed E-state index contributed by atoms with van der Waals surface area (Å²) in [7, 11) is 0. The highest BCUT2D eigenvalue weighted by Gasteiger charge is 2.27. The third-order valence-corrected chi connectivity index (χ3v) is 9.03. The number of carbonyl (C=O) groups excluding carboxylic acids is 2. The minimum atomic E-state index is -0.583. The van der Waals surface area contributed by atoms with Gasteiger partial charge in [0.05, 0.1) is 26.8 Å². The highest BCUT2D eigenvalue weighted by molar-refractivity contribution is 7.22. The number of urea groups is 1. The molecule has 44 heavy (non-hydrogen) atoms. The third-order valence-electron chi connectivity index (χ3n) is 7.87. The van der Waals surface area contributed by atoms with E-state index in [0.29, 0.717) is 24.5 Å². The smallest absolute Gasteiger partial charge is 0.319 e. The molecule has 3 amide bonds. The maximum atomic E-state index is 14.9. The Morgan fingerprint density at radius 3 is 2.55 bits per heavy atom. The largest absolute Gasteiger partial charge is 0.453 e. The van der Waals surface area contributed by atoms with E-state index in [1.54, 1.807) is 18.3 Å². The number of nitrogens with two attached hydrogens (primary N) is 1. The molecule has 1 aliphatic carbocycles. The number of pyridine rings is 2. The highest BCUT2D eigenvalue weighted by Crippen LogP contribution is 2.39. The Hall–Kier alpha value is -4.13. The van der Waals surface area contributed by atoms with Crippen LogP contribution in [0.15, 0.2) is 54.9 Å². The monoisotopic (exact) mass is 617 g/mol. The number of anilines is 1. The number of ether oxygens (including phenoxy) is 1. The predicted octanol–water partition coefficient (Wildman–Crippen LogP) is 5.20. The molecule has 4 aromatic rings. The van der Waals surface area contributed by atoms with Crippen LogP contribution in [0.1, 0.15) is 32.3 Å². The fourth-order valence-electron chi connectivity index (χ4n) is 5.03. The van der Waals surface area contributed by atoms with Crippen LogP contribution < -0.4 is 21.1 Å². The number of piperazine rings is 1. The van der Waals surface area contributed by atoms with E-state index in [2.05, 4.69) is 26.6 Å². The zero-order chi connectivity index (χ0) is 30.8. The average molecular weight is 618 g/mol. The van der Waals surface area contributed by atoms with Crippen molar-refractivity contribution in [2.45, 2.75) is 45.3 Å². The Bertz CT molecular complexity index is 1650. The van der Waals surface area contributed by atoms with Crippen molar-refractivity contribution in [3.05, 3.63) is 66.2 Å². The standard InChI is InChI=1S/C32H36FN7O3S/c1-19(2)29(34)31(41)40-13-11-39(12-14-40)18-20-3-7-24(36-17-20)28-16-25-30(44-28)27(9-10-35-25)43-26-8-6-22(15-23(26)33)38-32(42)37-21-4-5-21/h3,6-10,15-17,19,21,29H,4-5,11-14,18,34H2,1-2H3,(H2,37,38,42)/t29-/m0/s1. The third kappa shape index (κ3) is 6.98. The van der Waals surface area contributed by atoms with Gasteiger partial charge in [-0.05, 0) is 48.6 Å². The van der Waals surface area contributed by atoms with Crippen LogP contribution in [0.5, 0.6) is 11.5 Å². The van der Waals surface area contributed by atoms with Crippen LogP contribution >= 0.6 is 11.3 Å². The number of benzene rings is 1. The number of carbonyl (C=O) groups is 2. The van der Waals surface area contributed by atoms with Gasteiger partial charge in [-0.3, -0.25) is 19.7 Å². The fraction of sp³-hybridized carbons (Fsp3) is 0.375. The van der Waals surface area contributed by atoms with Crippen molar-refractivity contribution in [1.29, 1.82) is 0 Å². The van der Waals surface area contributed by atoms with Crippen LogP contribution in [0.4, 0.5) is 14.9 Å². The molecule has 1 saturated heterocycles. The van der Waals surface area contributed by atoms with Gasteiger partial charge in [-0.1, -0.05) is 19.9 Å². The van der Waals surface area contributed by atoms with Crippen LogP contribution in [0.3, 0.4) is 0 Å². The van der Waals surface area contributed by atoms with Crippen LogP contribution in [0, 0.1) is 11.7 Å². The molecular weight excluding hydrogens is 581 g/mol. The van der Waals surface area contributed by atoms with Gasteiger partial charge in [0.2, 0.25) is 5.91 Å². The summed E-state index contributed by atoms with van der Waals surface area (Å²) in [6, 6.07) is 11.5. The highest BCUT2D eigenvalue weighted by atomic mass is 32.1. The van der Waals surface area contributed by atoms with Crippen molar-refractivity contribution in [3.8, 4) is 22.1 Å². The molecule has 0 bridgehead atoms. The Morgan fingerprint density at radius 1 is 1.07 bits per heavy atom. The van der Waals surface area contributed by atoms with Crippen LogP contribution in [-0.4, -0.2) is 70.0 Å². The Morgan fingerprint density at radius 2 is 1.86 bits per heavy atom. The summed E-state index contributed by atoms with van der Waals surface area (Å²) in [6.07, 6.45) is 5.45. The lowest BCUT2D eigenvalue weighted by Gasteiger charge is -2.36. The normalized spacial score (nSPS) is 16.2. The molecule has 3 aromatic heterocycles. The lowest BCUT2D eigenvalue weighted by atomic mass is 10.0. The number of nitrogens with zero attached hydrogens (tertiary/aromatic N) is 4. The number of rotatable bonds is 9. The van der Waals surface area contributed by atoms with Gasteiger partial charge in [0.25, 0.3) is 0 Å². The number of aromatic nitrogens is 2. The van der Waals surface area contributed by atoms with Crippen molar-refractivity contribution in [2.75, 3.05) is 31.5 Å². The van der Waals surface area contributed by atoms with E-state index >= 15 is 0 Å². The van der Waals surface area contributed by atoms with E-state index in [-0.39, 0.29) is 29.6 Å². The van der Waals surface area contributed by atoms with Crippen LogP contribution in [-0.2, 0) is 11.3 Å². The zero-order valence-corrected chi connectivity index (χ0v) is 25.6. The molecule has 4 N–H and O–H groups in total. The number of amides is 3. The molecule has 6 rings (SSSR count). The lowest BCUT2D eigenvalue weighted by molar-refractivity contribution is -0.135. The molecule has 2 fully saturated rings. The minimum Gasteiger partial charge on any atom is -0.453 e. The molecule has 230 valence electrons. The van der Waals surface area contributed by atoms with Crippen molar-refractivity contribution in [2.24, 2.45) is 11.7 Å². The molecule has 0 unspecified atom stereocenters. The van der Waals surface area contributed by atoms with E-state index < -0.39 is 11.9 Å². The molecule has 4 heterocycles. The number of hydrogen-bond acceptors (Lipinski definition) is 8. The van der Waals surface area contributed by atoms with Crippen molar-refractivity contribution in [1.82, 2.24) is 25.1 Å². The molecule has 0 radical (unpaired) electrons. The van der Waals surface area contributed by atoms with Crippen LogP contribution in [0.2, 0.25) is 0 Å². The van der Waals surface area contributed by atoms with E-state index in [9.17, 15) is 14.0 Å². The van der Waals surface area contributed by atoms with Crippen molar-refractivity contribution < 1.29 is 18.7 Å². The summed E-state index contributed by atoms with van der Waals surface area (Å²) in [5, 5.41) is 5.47. The number of thiophene rings is 1. The topological polar surface area (TPSA) is 126 Å². The molecule has 1 atom stereocenters. The summed E-state index contributed by atoms with van der Waals surface area (Å²) in [6.45, 7) is 7.62. The molecular formula is C32H36FN7O3S. The Labute approximate surface area is 259 Å². The Kier molecular flexibility index (Phi) is 8.74. The fourth-order valence-corrected chi connectivity index (χ4v) is 6.07. The van der Waals surface area contributed by atoms with Gasteiger partial charge < -0.3 is 26.0 Å². The van der Waals surface area contributed by atoms with Gasteiger partial charge in [-0.25, -0.2) is 9.18 Å². The molecule has 12 heteroatoms. The quantitative estimate of drug-likeness (QED) is 0.236. The van der Waals surface area contributed by atoms with Gasteiger partial charge >= 0.3 is 6.03 Å². The summed E-state index contributed by atoms with van der Waals surface area (Å²) in [5.74, 6) is 0.108. The molecule has 1 aliphatic heterocycles. The van der Waals surface area contributed by atoms with Crippen molar-refractivity contribution >= 4 is 39.2 Å².